The van der Waals surface area contributed by atoms with E-state index in [-0.39, 0.29) is 0 Å². The SMILES string of the molecule is OC(C(Cl)Cl)C(CF)(CF)CF. The predicted octanol–water partition coefficient (Wildman–Crippen LogP) is 2.05. The first-order valence-corrected chi connectivity index (χ1v) is 4.05. The number of halogens is 5. The number of rotatable bonds is 5. The van der Waals surface area contributed by atoms with Crippen LogP contribution >= 0.6 is 23.2 Å². The van der Waals surface area contributed by atoms with Gasteiger partial charge in [-0.3, -0.25) is 13.2 Å². The summed E-state index contributed by atoms with van der Waals surface area (Å²) < 4.78 is 36.5. The molecule has 0 bridgehead atoms. The molecule has 0 aliphatic heterocycles. The molecule has 0 radical (unpaired) electrons. The van der Waals surface area contributed by atoms with Crippen molar-refractivity contribution in [3.05, 3.63) is 0 Å². The van der Waals surface area contributed by atoms with Crippen molar-refractivity contribution in [2.24, 2.45) is 5.41 Å². The van der Waals surface area contributed by atoms with Gasteiger partial charge in [0, 0.05) is 0 Å². The van der Waals surface area contributed by atoms with Gasteiger partial charge in [0.2, 0.25) is 0 Å². The Kier molecular flexibility index (Phi) is 5.29. The number of aliphatic hydroxyl groups excluding tert-OH is 1. The third-order valence-electron chi connectivity index (χ3n) is 1.66. The molecule has 0 rings (SSSR count). The van der Waals surface area contributed by atoms with E-state index in [9.17, 15) is 13.2 Å². The Balaban J connectivity index is 4.46. The first-order chi connectivity index (χ1) is 5.54. The fourth-order valence-electron chi connectivity index (χ4n) is 0.612. The van der Waals surface area contributed by atoms with Crippen molar-refractivity contribution in [2.75, 3.05) is 20.0 Å². The first kappa shape index (κ1) is 12.3. The molecule has 0 aromatic carbocycles. The molecule has 0 saturated carbocycles. The zero-order valence-corrected chi connectivity index (χ0v) is 7.62. The first-order valence-electron chi connectivity index (χ1n) is 3.18. The monoisotopic (exact) mass is 224 g/mol. The molecule has 6 heteroatoms. The minimum Gasteiger partial charge on any atom is -0.389 e. The zero-order valence-electron chi connectivity index (χ0n) is 6.11. The topological polar surface area (TPSA) is 20.2 Å². The normalized spacial score (nSPS) is 15.2. The van der Waals surface area contributed by atoms with Gasteiger partial charge in [-0.15, -0.1) is 23.2 Å². The Bertz CT molecular complexity index is 122. The standard InChI is InChI=1S/C6H9Cl2F3O/c7-5(8)4(12)6(1-9,2-10)3-11/h4-5,12H,1-3H2. The Hall–Kier alpha value is 0.330. The number of hydrogen-bond donors (Lipinski definition) is 1. The van der Waals surface area contributed by atoms with E-state index in [1.54, 1.807) is 0 Å². The Labute approximate surface area is 78.5 Å². The van der Waals surface area contributed by atoms with Gasteiger partial charge in [0.05, 0.1) is 11.5 Å². The van der Waals surface area contributed by atoms with Crippen molar-refractivity contribution in [1.29, 1.82) is 0 Å². The predicted molar refractivity (Wildman–Crippen MR) is 41.9 cm³/mol. The molecule has 0 spiro atoms. The molecular formula is C6H9Cl2F3O. The average molecular weight is 225 g/mol. The van der Waals surface area contributed by atoms with Crippen LogP contribution in [0.2, 0.25) is 0 Å². The highest BCUT2D eigenvalue weighted by Crippen LogP contribution is 2.30. The van der Waals surface area contributed by atoms with Gasteiger partial charge in [-0.05, 0) is 0 Å². The van der Waals surface area contributed by atoms with Crippen molar-refractivity contribution < 1.29 is 18.3 Å². The molecule has 1 N–H and O–H groups in total. The van der Waals surface area contributed by atoms with Gasteiger partial charge in [-0.2, -0.15) is 0 Å². The quantitative estimate of drug-likeness (QED) is 0.710. The summed E-state index contributed by atoms with van der Waals surface area (Å²) in [6.45, 7) is -4.01. The van der Waals surface area contributed by atoms with E-state index >= 15 is 0 Å². The number of hydrogen-bond acceptors (Lipinski definition) is 1. The average Bonchev–Trinajstić information content (AvgIpc) is 2.08. The zero-order chi connectivity index (χ0) is 9.78. The molecule has 74 valence electrons. The summed E-state index contributed by atoms with van der Waals surface area (Å²) in [6.07, 6.45) is -1.74. The van der Waals surface area contributed by atoms with E-state index in [1.807, 2.05) is 0 Å². The summed E-state index contributed by atoms with van der Waals surface area (Å²) in [7, 11) is 0. The second-order valence-electron chi connectivity index (χ2n) is 2.54. The molecule has 0 amide bonds. The lowest BCUT2D eigenvalue weighted by molar-refractivity contribution is -0.0200. The van der Waals surface area contributed by atoms with Gasteiger partial charge in [-0.1, -0.05) is 0 Å². The molecule has 0 aromatic heterocycles. The van der Waals surface area contributed by atoms with E-state index < -0.39 is 36.4 Å². The summed E-state index contributed by atoms with van der Waals surface area (Å²) in [5.41, 5.74) is -2.10. The highest BCUT2D eigenvalue weighted by atomic mass is 35.5. The summed E-state index contributed by atoms with van der Waals surface area (Å²) in [4.78, 5) is -1.40. The molecule has 0 heterocycles. The molecule has 0 fully saturated rings. The fraction of sp³-hybridized carbons (Fsp3) is 1.00. The second-order valence-corrected chi connectivity index (χ2v) is 3.71. The molecule has 1 atom stereocenters. The van der Waals surface area contributed by atoms with Crippen LogP contribution in [0.15, 0.2) is 0 Å². The van der Waals surface area contributed by atoms with Crippen LogP contribution in [-0.2, 0) is 0 Å². The van der Waals surface area contributed by atoms with Gasteiger partial charge in [0.1, 0.15) is 24.9 Å². The van der Waals surface area contributed by atoms with Crippen molar-refractivity contribution in [3.63, 3.8) is 0 Å². The van der Waals surface area contributed by atoms with E-state index in [0.29, 0.717) is 0 Å². The van der Waals surface area contributed by atoms with E-state index in [0.717, 1.165) is 0 Å². The third-order valence-corrected chi connectivity index (χ3v) is 2.14. The van der Waals surface area contributed by atoms with E-state index in [4.69, 9.17) is 28.3 Å². The van der Waals surface area contributed by atoms with Gasteiger partial charge in [-0.25, -0.2) is 0 Å². The van der Waals surface area contributed by atoms with Crippen LogP contribution in [0.5, 0.6) is 0 Å². The summed E-state index contributed by atoms with van der Waals surface area (Å²) in [5.74, 6) is 0. The summed E-state index contributed by atoms with van der Waals surface area (Å²) in [5, 5.41) is 9.05. The number of aliphatic hydroxyl groups is 1. The van der Waals surface area contributed by atoms with Gasteiger partial charge < -0.3 is 5.11 Å². The lowest BCUT2D eigenvalue weighted by Gasteiger charge is -2.30. The van der Waals surface area contributed by atoms with Crippen LogP contribution in [0.3, 0.4) is 0 Å². The van der Waals surface area contributed by atoms with E-state index in [2.05, 4.69) is 0 Å². The molecule has 1 nitrogen and oxygen atoms in total. The second kappa shape index (κ2) is 5.14. The Morgan fingerprint density at radius 1 is 1.08 bits per heavy atom. The Morgan fingerprint density at radius 3 is 1.50 bits per heavy atom. The highest BCUT2D eigenvalue weighted by molar-refractivity contribution is 6.44. The minimum absolute atomic E-state index is 1.34. The van der Waals surface area contributed by atoms with Crippen LogP contribution in [0.1, 0.15) is 0 Å². The highest BCUT2D eigenvalue weighted by Gasteiger charge is 2.42. The Morgan fingerprint density at radius 2 is 1.42 bits per heavy atom. The molecule has 0 saturated heterocycles. The van der Waals surface area contributed by atoms with Crippen molar-refractivity contribution in [2.45, 2.75) is 10.9 Å². The molecular weight excluding hydrogens is 216 g/mol. The van der Waals surface area contributed by atoms with Crippen LogP contribution in [0.4, 0.5) is 13.2 Å². The van der Waals surface area contributed by atoms with Gasteiger partial charge >= 0.3 is 0 Å². The fourth-order valence-corrected chi connectivity index (χ4v) is 1.15. The largest absolute Gasteiger partial charge is 0.389 e. The molecule has 0 aliphatic rings. The van der Waals surface area contributed by atoms with Crippen LogP contribution < -0.4 is 0 Å². The lowest BCUT2D eigenvalue weighted by atomic mass is 9.87. The maximum absolute atomic E-state index is 12.2. The molecule has 1 unspecified atom stereocenters. The molecule has 0 aromatic rings. The van der Waals surface area contributed by atoms with Crippen LogP contribution in [0.25, 0.3) is 0 Å². The summed E-state index contributed by atoms with van der Waals surface area (Å²) in [6, 6.07) is 0. The maximum atomic E-state index is 12.2. The maximum Gasteiger partial charge on any atom is 0.134 e. The smallest absolute Gasteiger partial charge is 0.134 e. The van der Waals surface area contributed by atoms with Crippen LogP contribution in [0, 0.1) is 5.41 Å². The van der Waals surface area contributed by atoms with Crippen molar-refractivity contribution in [3.8, 4) is 0 Å². The molecule has 0 aliphatic carbocycles. The van der Waals surface area contributed by atoms with Crippen molar-refractivity contribution >= 4 is 23.2 Å². The van der Waals surface area contributed by atoms with E-state index in [1.165, 1.54) is 0 Å². The van der Waals surface area contributed by atoms with Crippen molar-refractivity contribution in [1.82, 2.24) is 0 Å². The number of alkyl halides is 5. The third kappa shape index (κ3) is 2.41. The minimum atomic E-state index is -2.10. The van der Waals surface area contributed by atoms with Gasteiger partial charge in [0.25, 0.3) is 0 Å². The summed E-state index contributed by atoms with van der Waals surface area (Å²) >= 11 is 10.3. The van der Waals surface area contributed by atoms with Gasteiger partial charge in [0.15, 0.2) is 0 Å². The molecule has 12 heavy (non-hydrogen) atoms. The van der Waals surface area contributed by atoms with Crippen LogP contribution in [-0.4, -0.2) is 36.1 Å². The lowest BCUT2D eigenvalue weighted by Crippen LogP contribution is -2.45.